The zero-order valence-corrected chi connectivity index (χ0v) is 33.0. The van der Waals surface area contributed by atoms with Gasteiger partial charge in [-0.05, 0) is 70.2 Å². The molecule has 3 amide bonds. The number of carbonyl (C=O) groups is 3. The number of aromatic amines is 2. The summed E-state index contributed by atoms with van der Waals surface area (Å²) < 4.78 is 9.92. The topological polar surface area (TPSA) is 146 Å². The van der Waals surface area contributed by atoms with E-state index in [2.05, 4.69) is 80.9 Å². The molecule has 2 saturated heterocycles. The molecule has 4 heterocycles. The molecule has 13 heteroatoms. The van der Waals surface area contributed by atoms with Gasteiger partial charge in [-0.25, -0.2) is 14.8 Å². The number of alkyl carbamates (subject to hydrolysis) is 1. The molecule has 1 aliphatic carbocycles. The number of aromatic nitrogens is 4. The summed E-state index contributed by atoms with van der Waals surface area (Å²) in [5.74, 6) is 2.43. The Bertz CT molecular complexity index is 2230. The SMILES string of the molecule is COCCC(NC(=O)OC)C(=O)N1CCSC1c1ncc(-c2ccc(-c3ccc4cc(-c5c[nH]c(C6CC7(CC7)CN6C(=O)[CH]C(C)C)n5)ccc4c3)cc2)[nH]1. The summed E-state index contributed by atoms with van der Waals surface area (Å²) >= 11 is 1.63. The van der Waals surface area contributed by atoms with E-state index >= 15 is 0 Å². The Morgan fingerprint density at radius 1 is 0.964 bits per heavy atom. The van der Waals surface area contributed by atoms with Gasteiger partial charge >= 0.3 is 6.09 Å². The number of hydrogen-bond donors (Lipinski definition) is 3. The van der Waals surface area contributed by atoms with Crippen LogP contribution in [0.4, 0.5) is 4.79 Å². The van der Waals surface area contributed by atoms with E-state index in [1.54, 1.807) is 30.0 Å². The highest BCUT2D eigenvalue weighted by Gasteiger charge is 2.54. The largest absolute Gasteiger partial charge is 0.453 e. The third-order valence-electron chi connectivity index (χ3n) is 11.2. The molecule has 2 aromatic heterocycles. The van der Waals surface area contributed by atoms with E-state index in [0.29, 0.717) is 25.4 Å². The van der Waals surface area contributed by atoms with Gasteiger partial charge in [-0.2, -0.15) is 0 Å². The van der Waals surface area contributed by atoms with Crippen LogP contribution in [0, 0.1) is 17.8 Å². The van der Waals surface area contributed by atoms with Crippen LogP contribution in [-0.4, -0.2) is 93.4 Å². The second-order valence-electron chi connectivity index (χ2n) is 15.5. The normalized spacial score (nSPS) is 19.2. The van der Waals surface area contributed by atoms with Crippen molar-refractivity contribution in [2.45, 2.75) is 57.0 Å². The average Bonchev–Trinajstić information content (AvgIpc) is 3.74. The maximum absolute atomic E-state index is 13.5. The second-order valence-corrected chi connectivity index (χ2v) is 16.7. The highest BCUT2D eigenvalue weighted by atomic mass is 32.2. The van der Waals surface area contributed by atoms with Crippen LogP contribution in [0.1, 0.15) is 62.6 Å². The van der Waals surface area contributed by atoms with E-state index in [9.17, 15) is 14.4 Å². The van der Waals surface area contributed by atoms with Crippen LogP contribution in [0.25, 0.3) is 44.4 Å². The number of fused-ring (bicyclic) bond motifs is 1. The first-order chi connectivity index (χ1) is 27.1. The Kier molecular flexibility index (Phi) is 10.6. The molecule has 3 aliphatic rings. The number of thioether (sulfide) groups is 1. The number of H-pyrrole nitrogens is 2. The van der Waals surface area contributed by atoms with Gasteiger partial charge in [0, 0.05) is 50.7 Å². The highest BCUT2D eigenvalue weighted by Crippen LogP contribution is 2.58. The van der Waals surface area contributed by atoms with Crippen molar-refractivity contribution in [1.82, 2.24) is 35.1 Å². The molecular weight excluding hydrogens is 727 g/mol. The van der Waals surface area contributed by atoms with Crippen LogP contribution in [0.15, 0.2) is 73.1 Å². The summed E-state index contributed by atoms with van der Waals surface area (Å²) in [4.78, 5) is 59.0. The van der Waals surface area contributed by atoms with Crippen molar-refractivity contribution in [3.8, 4) is 33.6 Å². The van der Waals surface area contributed by atoms with Crippen LogP contribution in [-0.2, 0) is 19.1 Å². The van der Waals surface area contributed by atoms with E-state index in [1.165, 1.54) is 20.0 Å². The lowest BCUT2D eigenvalue weighted by Gasteiger charge is -2.27. The average molecular weight is 775 g/mol. The first-order valence-corrected chi connectivity index (χ1v) is 20.3. The number of benzene rings is 3. The molecule has 291 valence electrons. The molecule has 5 aromatic rings. The molecule has 1 saturated carbocycles. The fraction of sp³-hybridized carbons (Fsp3) is 0.395. The number of rotatable bonds is 12. The van der Waals surface area contributed by atoms with E-state index in [0.717, 1.165) is 69.0 Å². The molecule has 3 fully saturated rings. The molecule has 2 aliphatic heterocycles. The van der Waals surface area contributed by atoms with Crippen molar-refractivity contribution in [2.24, 2.45) is 11.3 Å². The van der Waals surface area contributed by atoms with Crippen molar-refractivity contribution in [3.63, 3.8) is 0 Å². The van der Waals surface area contributed by atoms with Crippen LogP contribution < -0.4 is 5.32 Å². The fourth-order valence-electron chi connectivity index (χ4n) is 7.96. The predicted molar refractivity (Wildman–Crippen MR) is 217 cm³/mol. The minimum absolute atomic E-state index is 0.0200. The summed E-state index contributed by atoms with van der Waals surface area (Å²) in [7, 11) is 2.84. The Balaban J connectivity index is 0.944. The predicted octanol–water partition coefficient (Wildman–Crippen LogP) is 7.54. The number of imidazole rings is 2. The minimum atomic E-state index is -0.762. The second kappa shape index (κ2) is 15.8. The smallest absolute Gasteiger partial charge is 0.407 e. The first-order valence-electron chi connectivity index (χ1n) is 19.3. The highest BCUT2D eigenvalue weighted by molar-refractivity contribution is 7.99. The van der Waals surface area contributed by atoms with Crippen molar-refractivity contribution >= 4 is 40.4 Å². The van der Waals surface area contributed by atoms with E-state index in [4.69, 9.17) is 14.5 Å². The third kappa shape index (κ3) is 7.79. The molecule has 1 radical (unpaired) electrons. The quantitative estimate of drug-likeness (QED) is 0.118. The first kappa shape index (κ1) is 37.8. The number of hydrogen-bond acceptors (Lipinski definition) is 8. The van der Waals surface area contributed by atoms with Crippen molar-refractivity contribution in [2.75, 3.05) is 39.7 Å². The Hall–Kier alpha value is -5.14. The number of carbonyl (C=O) groups excluding carboxylic acids is 3. The Morgan fingerprint density at radius 3 is 2.39 bits per heavy atom. The molecule has 56 heavy (non-hydrogen) atoms. The molecular formula is C43H48N7O5S. The van der Waals surface area contributed by atoms with Gasteiger partial charge < -0.3 is 34.6 Å². The maximum atomic E-state index is 13.5. The number of methoxy groups -OCH3 is 2. The lowest BCUT2D eigenvalue weighted by atomic mass is 9.98. The standard InChI is InChI=1S/C43H48N7O5S/c1-26(2)19-37(51)50-25-43(14-15-43)22-36(50)38-44-24-35(46-38)32-12-11-30-20-29(9-10-31(30)21-32)27-5-7-28(8-6-27)34-23-45-39(47-34)41-49(16-18-56-41)40(52)33(13-17-54-3)48-42(53)55-4/h5-12,19-21,23-24,26,33,36,41H,13-18,22,25H2,1-4H3,(H,44,46)(H,45,47)(H,48,53). The Labute approximate surface area is 331 Å². The molecule has 1 spiro atoms. The fourth-order valence-corrected chi connectivity index (χ4v) is 9.15. The minimum Gasteiger partial charge on any atom is -0.453 e. The van der Waals surface area contributed by atoms with Gasteiger partial charge in [0.05, 0.1) is 37.2 Å². The monoisotopic (exact) mass is 774 g/mol. The molecule has 12 nitrogen and oxygen atoms in total. The molecule has 0 bridgehead atoms. The van der Waals surface area contributed by atoms with Gasteiger partial charge in [-0.15, -0.1) is 11.8 Å². The summed E-state index contributed by atoms with van der Waals surface area (Å²) in [6.07, 6.45) is 8.61. The van der Waals surface area contributed by atoms with Gasteiger partial charge in [0.15, 0.2) is 0 Å². The van der Waals surface area contributed by atoms with Crippen molar-refractivity contribution in [1.29, 1.82) is 0 Å². The van der Waals surface area contributed by atoms with E-state index in [-0.39, 0.29) is 34.6 Å². The summed E-state index contributed by atoms with van der Waals surface area (Å²) in [6.45, 7) is 5.78. The molecule has 3 atom stereocenters. The molecule has 8 rings (SSSR count). The summed E-state index contributed by atoms with van der Waals surface area (Å²) in [5.41, 5.74) is 6.24. The zero-order chi connectivity index (χ0) is 39.0. The van der Waals surface area contributed by atoms with Crippen LogP contribution in [0.3, 0.4) is 0 Å². The molecule has 3 unspecified atom stereocenters. The number of likely N-dealkylation sites (tertiary alicyclic amines) is 1. The Morgan fingerprint density at radius 2 is 1.68 bits per heavy atom. The molecule has 3 N–H and O–H groups in total. The summed E-state index contributed by atoms with van der Waals surface area (Å²) in [5, 5.41) is 4.61. The van der Waals surface area contributed by atoms with Gasteiger partial charge in [0.2, 0.25) is 11.8 Å². The van der Waals surface area contributed by atoms with Crippen LogP contribution in [0.2, 0.25) is 0 Å². The van der Waals surface area contributed by atoms with Crippen LogP contribution >= 0.6 is 11.8 Å². The molecule has 3 aromatic carbocycles. The number of ether oxygens (including phenoxy) is 2. The van der Waals surface area contributed by atoms with Gasteiger partial charge in [0.25, 0.3) is 0 Å². The number of nitrogens with zero attached hydrogens (tertiary/aromatic N) is 4. The van der Waals surface area contributed by atoms with Crippen molar-refractivity contribution in [3.05, 3.63) is 91.1 Å². The van der Waals surface area contributed by atoms with Gasteiger partial charge in [0.1, 0.15) is 23.1 Å². The third-order valence-corrected chi connectivity index (χ3v) is 12.4. The zero-order valence-electron chi connectivity index (χ0n) is 32.2. The lowest BCUT2D eigenvalue weighted by molar-refractivity contribution is -0.134. The maximum Gasteiger partial charge on any atom is 0.407 e. The number of nitrogens with one attached hydrogen (secondary N) is 3. The van der Waals surface area contributed by atoms with Gasteiger partial charge in [-0.3, -0.25) is 9.59 Å². The summed E-state index contributed by atoms with van der Waals surface area (Å²) in [6, 6.07) is 20.5. The van der Waals surface area contributed by atoms with Gasteiger partial charge in [-0.1, -0.05) is 62.4 Å². The lowest BCUT2D eigenvalue weighted by Crippen LogP contribution is -2.48. The van der Waals surface area contributed by atoms with Crippen LogP contribution in [0.5, 0.6) is 0 Å². The van der Waals surface area contributed by atoms with E-state index < -0.39 is 12.1 Å². The van der Waals surface area contributed by atoms with Crippen molar-refractivity contribution < 1.29 is 23.9 Å². The van der Waals surface area contributed by atoms with E-state index in [1.807, 2.05) is 31.4 Å². The number of amides is 3.